The summed E-state index contributed by atoms with van der Waals surface area (Å²) in [6.45, 7) is 2.09. The Balaban J connectivity index is 4.95. The molecule has 0 amide bonds. The summed E-state index contributed by atoms with van der Waals surface area (Å²) in [4.78, 5) is 21.5. The number of aliphatic carboxylic acids is 1. The number of carboxylic acids is 1. The Bertz CT molecular complexity index is 363. The molecule has 0 radical (unpaired) electrons. The number of carbonyl (C=O) groups excluding carboxylic acids is 1. The molecule has 1 unspecified atom stereocenters. The maximum atomic E-state index is 11.7. The van der Waals surface area contributed by atoms with Gasteiger partial charge in [-0.05, 0) is 6.92 Å². The SMILES string of the molecule is CCN(CC(=O)OC)S(=O)(=O)C(C)C(=O)O. The lowest BCUT2D eigenvalue weighted by Gasteiger charge is -2.21. The second-order valence-electron chi connectivity index (χ2n) is 3.03. The molecule has 0 spiro atoms. The van der Waals surface area contributed by atoms with Crippen LogP contribution in [0, 0.1) is 0 Å². The lowest BCUT2D eigenvalue weighted by molar-refractivity contribution is -0.141. The number of rotatable bonds is 6. The molecule has 0 aromatic rings. The molecule has 1 N–H and O–H groups in total. The minimum absolute atomic E-state index is 0.00898. The number of esters is 1. The van der Waals surface area contributed by atoms with Gasteiger partial charge in [0.15, 0.2) is 5.25 Å². The lowest BCUT2D eigenvalue weighted by Crippen LogP contribution is -2.43. The smallest absolute Gasteiger partial charge is 0.323 e. The van der Waals surface area contributed by atoms with Crippen LogP contribution in [0.2, 0.25) is 0 Å². The van der Waals surface area contributed by atoms with E-state index in [1.54, 1.807) is 0 Å². The van der Waals surface area contributed by atoms with E-state index in [4.69, 9.17) is 5.11 Å². The van der Waals surface area contributed by atoms with E-state index < -0.39 is 33.8 Å². The molecular formula is C8H15NO6S. The Labute approximate surface area is 94.0 Å². The second-order valence-corrected chi connectivity index (χ2v) is 5.28. The van der Waals surface area contributed by atoms with Crippen molar-refractivity contribution in [2.75, 3.05) is 20.2 Å². The normalized spacial score (nSPS) is 13.5. The van der Waals surface area contributed by atoms with E-state index in [9.17, 15) is 18.0 Å². The molecule has 1 atom stereocenters. The average molecular weight is 253 g/mol. The molecule has 8 heteroatoms. The zero-order valence-corrected chi connectivity index (χ0v) is 10.2. The van der Waals surface area contributed by atoms with Crippen molar-refractivity contribution in [1.82, 2.24) is 4.31 Å². The average Bonchev–Trinajstić information content (AvgIpc) is 2.23. The number of ether oxygens (including phenoxy) is 1. The van der Waals surface area contributed by atoms with Gasteiger partial charge in [0.05, 0.1) is 7.11 Å². The first-order chi connectivity index (χ1) is 7.27. The number of likely N-dealkylation sites (N-methyl/N-ethyl adjacent to an activating group) is 1. The maximum absolute atomic E-state index is 11.7. The molecule has 0 heterocycles. The van der Waals surface area contributed by atoms with Crippen molar-refractivity contribution in [2.45, 2.75) is 19.1 Å². The van der Waals surface area contributed by atoms with Gasteiger partial charge in [-0.25, -0.2) is 8.42 Å². The number of hydrogen-bond acceptors (Lipinski definition) is 5. The number of nitrogens with zero attached hydrogens (tertiary/aromatic N) is 1. The van der Waals surface area contributed by atoms with Crippen molar-refractivity contribution >= 4 is 22.0 Å². The van der Waals surface area contributed by atoms with E-state index in [0.717, 1.165) is 18.3 Å². The third-order valence-corrected chi connectivity index (χ3v) is 4.24. The van der Waals surface area contributed by atoms with Gasteiger partial charge < -0.3 is 9.84 Å². The van der Waals surface area contributed by atoms with Crippen molar-refractivity contribution in [3.63, 3.8) is 0 Å². The van der Waals surface area contributed by atoms with Crippen molar-refractivity contribution in [3.8, 4) is 0 Å². The van der Waals surface area contributed by atoms with Crippen molar-refractivity contribution in [3.05, 3.63) is 0 Å². The third-order valence-electron chi connectivity index (χ3n) is 2.04. The maximum Gasteiger partial charge on any atom is 0.323 e. The van der Waals surface area contributed by atoms with E-state index >= 15 is 0 Å². The molecule has 7 nitrogen and oxygen atoms in total. The van der Waals surface area contributed by atoms with E-state index in [1.165, 1.54) is 6.92 Å². The third kappa shape index (κ3) is 3.46. The van der Waals surface area contributed by atoms with Gasteiger partial charge in [0.2, 0.25) is 10.0 Å². The summed E-state index contributed by atoms with van der Waals surface area (Å²) in [5.41, 5.74) is 0. The summed E-state index contributed by atoms with van der Waals surface area (Å²) >= 11 is 0. The molecule has 0 aliphatic rings. The van der Waals surface area contributed by atoms with Crippen LogP contribution >= 0.6 is 0 Å². The molecule has 0 bridgehead atoms. The Morgan fingerprint density at radius 1 is 1.44 bits per heavy atom. The van der Waals surface area contributed by atoms with Crippen LogP contribution in [0.5, 0.6) is 0 Å². The summed E-state index contributed by atoms with van der Waals surface area (Å²) in [6.07, 6.45) is 0. The molecule has 16 heavy (non-hydrogen) atoms. The van der Waals surface area contributed by atoms with Crippen LogP contribution in [0.15, 0.2) is 0 Å². The highest BCUT2D eigenvalue weighted by Gasteiger charge is 2.34. The number of sulfonamides is 1. The molecule has 0 rings (SSSR count). The molecule has 0 aliphatic heterocycles. The standard InChI is InChI=1S/C8H15NO6S/c1-4-9(5-7(10)15-3)16(13,14)6(2)8(11)12/h6H,4-5H2,1-3H3,(H,11,12). The Morgan fingerprint density at radius 3 is 2.25 bits per heavy atom. The van der Waals surface area contributed by atoms with E-state index in [1.807, 2.05) is 0 Å². The Hall–Kier alpha value is -1.15. The molecule has 0 saturated carbocycles. The zero-order chi connectivity index (χ0) is 12.9. The lowest BCUT2D eigenvalue weighted by atomic mass is 10.5. The zero-order valence-electron chi connectivity index (χ0n) is 9.34. The molecule has 94 valence electrons. The van der Waals surface area contributed by atoms with Gasteiger partial charge in [-0.3, -0.25) is 9.59 Å². The molecule has 0 aromatic carbocycles. The quantitative estimate of drug-likeness (QED) is 0.627. The Kier molecular flexibility index (Phi) is 5.39. The summed E-state index contributed by atoms with van der Waals surface area (Å²) in [6, 6.07) is 0. The number of hydrogen-bond donors (Lipinski definition) is 1. The first-order valence-electron chi connectivity index (χ1n) is 4.55. The van der Waals surface area contributed by atoms with Gasteiger partial charge in [-0.2, -0.15) is 4.31 Å². The van der Waals surface area contributed by atoms with Gasteiger partial charge in [-0.15, -0.1) is 0 Å². The van der Waals surface area contributed by atoms with E-state index in [2.05, 4.69) is 4.74 Å². The number of methoxy groups -OCH3 is 1. The van der Waals surface area contributed by atoms with Crippen molar-refractivity contribution in [2.24, 2.45) is 0 Å². The van der Waals surface area contributed by atoms with Crippen molar-refractivity contribution in [1.29, 1.82) is 0 Å². The number of carboxylic acid groups (broad SMARTS) is 1. The summed E-state index contributed by atoms with van der Waals surface area (Å²) in [5, 5.41) is 7.05. The van der Waals surface area contributed by atoms with Crippen LogP contribution in [0.3, 0.4) is 0 Å². The van der Waals surface area contributed by atoms with Crippen LogP contribution in [-0.2, 0) is 24.3 Å². The fourth-order valence-corrected chi connectivity index (χ4v) is 2.29. The first kappa shape index (κ1) is 14.8. The molecule has 0 aromatic heterocycles. The Morgan fingerprint density at radius 2 is 1.94 bits per heavy atom. The second kappa shape index (κ2) is 5.80. The highest BCUT2D eigenvalue weighted by molar-refractivity contribution is 7.90. The van der Waals surface area contributed by atoms with E-state index in [-0.39, 0.29) is 6.54 Å². The van der Waals surface area contributed by atoms with Gasteiger partial charge in [0.25, 0.3) is 0 Å². The summed E-state index contributed by atoms with van der Waals surface area (Å²) in [5.74, 6) is -2.19. The van der Waals surface area contributed by atoms with Gasteiger partial charge in [-0.1, -0.05) is 6.92 Å². The topological polar surface area (TPSA) is 101 Å². The molecular weight excluding hydrogens is 238 g/mol. The molecule has 0 aliphatic carbocycles. The monoisotopic (exact) mass is 253 g/mol. The fourth-order valence-electron chi connectivity index (χ4n) is 0.941. The first-order valence-corrected chi connectivity index (χ1v) is 6.06. The van der Waals surface area contributed by atoms with Crippen LogP contribution in [0.1, 0.15) is 13.8 Å². The van der Waals surface area contributed by atoms with Crippen LogP contribution in [0.25, 0.3) is 0 Å². The highest BCUT2D eigenvalue weighted by atomic mass is 32.2. The summed E-state index contributed by atoms with van der Waals surface area (Å²) in [7, 11) is -2.89. The predicted molar refractivity (Wildman–Crippen MR) is 55.3 cm³/mol. The van der Waals surface area contributed by atoms with Gasteiger partial charge in [0, 0.05) is 6.54 Å². The summed E-state index contributed by atoms with van der Waals surface area (Å²) < 4.78 is 28.5. The van der Waals surface area contributed by atoms with Gasteiger partial charge >= 0.3 is 11.9 Å². The van der Waals surface area contributed by atoms with Crippen LogP contribution < -0.4 is 0 Å². The minimum atomic E-state index is -4.02. The largest absolute Gasteiger partial charge is 0.480 e. The molecule has 0 saturated heterocycles. The van der Waals surface area contributed by atoms with Crippen LogP contribution in [0.4, 0.5) is 0 Å². The highest BCUT2D eigenvalue weighted by Crippen LogP contribution is 2.09. The molecule has 0 fully saturated rings. The minimum Gasteiger partial charge on any atom is -0.480 e. The van der Waals surface area contributed by atoms with E-state index in [0.29, 0.717) is 0 Å². The van der Waals surface area contributed by atoms with Gasteiger partial charge in [0.1, 0.15) is 6.54 Å². The predicted octanol–water partition coefficient (Wildman–Crippen LogP) is -0.716. The van der Waals surface area contributed by atoms with Crippen molar-refractivity contribution < 1.29 is 27.9 Å². The number of carbonyl (C=O) groups is 2. The fraction of sp³-hybridized carbons (Fsp3) is 0.750. The van der Waals surface area contributed by atoms with Crippen LogP contribution in [-0.4, -0.2) is 55.2 Å².